The molecule has 164 valence electrons. The Morgan fingerprint density at radius 1 is 1.10 bits per heavy atom. The van der Waals surface area contributed by atoms with Crippen LogP contribution in [0.15, 0.2) is 36.4 Å². The van der Waals surface area contributed by atoms with Crippen LogP contribution in [0.3, 0.4) is 0 Å². The van der Waals surface area contributed by atoms with Gasteiger partial charge in [-0.05, 0) is 61.8 Å². The van der Waals surface area contributed by atoms with Crippen molar-refractivity contribution in [3.8, 4) is 0 Å². The molecule has 0 aromatic heterocycles. The van der Waals surface area contributed by atoms with Crippen LogP contribution in [0.4, 0.5) is 5.69 Å². The smallest absolute Gasteiger partial charge is 0.240 e. The van der Waals surface area contributed by atoms with E-state index in [1.165, 1.54) is 9.87 Å². The lowest BCUT2D eigenvalue weighted by atomic mass is 10.1. The van der Waals surface area contributed by atoms with Crippen molar-refractivity contribution >= 4 is 45.0 Å². The van der Waals surface area contributed by atoms with E-state index < -0.39 is 10.0 Å². The van der Waals surface area contributed by atoms with Gasteiger partial charge in [0.25, 0.3) is 0 Å². The van der Waals surface area contributed by atoms with Crippen molar-refractivity contribution in [3.63, 3.8) is 0 Å². The molecular formula is C22H29ClN2O3S2. The first kappa shape index (κ1) is 24.6. The van der Waals surface area contributed by atoms with Crippen molar-refractivity contribution in [1.82, 2.24) is 5.32 Å². The molecule has 0 aliphatic carbocycles. The summed E-state index contributed by atoms with van der Waals surface area (Å²) in [7, 11) is -3.58. The van der Waals surface area contributed by atoms with Crippen LogP contribution in [-0.2, 0) is 20.6 Å². The third-order valence-corrected chi connectivity index (χ3v) is 7.02. The van der Waals surface area contributed by atoms with Crippen LogP contribution in [0.1, 0.15) is 28.7 Å². The van der Waals surface area contributed by atoms with Crippen LogP contribution in [0.5, 0.6) is 0 Å². The van der Waals surface area contributed by atoms with Crippen molar-refractivity contribution in [1.29, 1.82) is 0 Å². The number of hydrogen-bond donors (Lipinski definition) is 1. The molecule has 0 atom stereocenters. The molecule has 0 bridgehead atoms. The fourth-order valence-corrected chi connectivity index (χ4v) is 5.31. The molecule has 2 rings (SSSR count). The second-order valence-electron chi connectivity index (χ2n) is 7.40. The van der Waals surface area contributed by atoms with Crippen LogP contribution < -0.4 is 9.62 Å². The average molecular weight is 469 g/mol. The van der Waals surface area contributed by atoms with Gasteiger partial charge in [0.05, 0.1) is 11.9 Å². The quantitative estimate of drug-likeness (QED) is 0.522. The Kier molecular flexibility index (Phi) is 9.07. The molecule has 0 aliphatic heterocycles. The van der Waals surface area contributed by atoms with Crippen LogP contribution in [0.25, 0.3) is 0 Å². The van der Waals surface area contributed by atoms with Gasteiger partial charge < -0.3 is 5.32 Å². The number of rotatable bonds is 10. The second kappa shape index (κ2) is 11.1. The molecule has 0 saturated heterocycles. The zero-order valence-electron chi connectivity index (χ0n) is 17.9. The number of nitrogens with one attached hydrogen (secondary N) is 1. The van der Waals surface area contributed by atoms with E-state index in [2.05, 4.69) is 5.32 Å². The number of thioether (sulfide) groups is 1. The third-order valence-electron chi connectivity index (χ3n) is 4.54. The van der Waals surface area contributed by atoms with E-state index in [0.717, 1.165) is 45.9 Å². The van der Waals surface area contributed by atoms with E-state index >= 15 is 0 Å². The maximum absolute atomic E-state index is 12.4. The summed E-state index contributed by atoms with van der Waals surface area (Å²) in [6.45, 7) is 5.98. The lowest BCUT2D eigenvalue weighted by Crippen LogP contribution is -2.41. The van der Waals surface area contributed by atoms with Gasteiger partial charge in [-0.3, -0.25) is 9.10 Å². The van der Waals surface area contributed by atoms with Crippen LogP contribution in [0.2, 0.25) is 5.02 Å². The standard InChI is InChI=1S/C22H29ClN2O3S2/c1-16-12-17(2)22(18(3)13-16)25(30(4,27)28)14-21(26)24-10-5-11-29-15-19-6-8-20(23)9-7-19/h6-9,12-13H,5,10-11,14-15H2,1-4H3,(H,24,26). The van der Waals surface area contributed by atoms with E-state index in [-0.39, 0.29) is 12.5 Å². The van der Waals surface area contributed by atoms with E-state index in [9.17, 15) is 13.2 Å². The molecule has 1 N–H and O–H groups in total. The predicted octanol–water partition coefficient (Wildman–Crippen LogP) is 4.47. The third kappa shape index (κ3) is 7.52. The number of nitrogens with zero attached hydrogens (tertiary/aromatic N) is 1. The molecule has 0 fully saturated rings. The normalized spacial score (nSPS) is 11.4. The molecule has 30 heavy (non-hydrogen) atoms. The number of carbonyl (C=O) groups excluding carboxylic acids is 1. The van der Waals surface area contributed by atoms with Crippen molar-refractivity contribution in [2.75, 3.05) is 29.4 Å². The lowest BCUT2D eigenvalue weighted by molar-refractivity contribution is -0.119. The minimum Gasteiger partial charge on any atom is -0.354 e. The van der Waals surface area contributed by atoms with Crippen LogP contribution in [-0.4, -0.2) is 39.4 Å². The minimum absolute atomic E-state index is 0.221. The van der Waals surface area contributed by atoms with Gasteiger partial charge in [-0.25, -0.2) is 8.42 Å². The molecule has 0 aliphatic rings. The average Bonchev–Trinajstić information content (AvgIpc) is 2.63. The number of carbonyl (C=O) groups is 1. The Labute approximate surface area is 189 Å². The number of benzene rings is 2. The van der Waals surface area contributed by atoms with Gasteiger partial charge in [-0.2, -0.15) is 11.8 Å². The highest BCUT2D eigenvalue weighted by molar-refractivity contribution is 7.98. The highest BCUT2D eigenvalue weighted by Gasteiger charge is 2.24. The number of anilines is 1. The van der Waals surface area contributed by atoms with Gasteiger partial charge in [0.15, 0.2) is 0 Å². The summed E-state index contributed by atoms with van der Waals surface area (Å²) >= 11 is 7.67. The molecule has 2 aromatic rings. The van der Waals surface area contributed by atoms with Crippen molar-refractivity contribution in [2.24, 2.45) is 0 Å². The highest BCUT2D eigenvalue weighted by Crippen LogP contribution is 2.28. The predicted molar refractivity (Wildman–Crippen MR) is 128 cm³/mol. The van der Waals surface area contributed by atoms with Crippen LogP contribution in [0, 0.1) is 20.8 Å². The van der Waals surface area contributed by atoms with Gasteiger partial charge in [-0.15, -0.1) is 0 Å². The monoisotopic (exact) mass is 468 g/mol. The molecule has 0 heterocycles. The fourth-order valence-electron chi connectivity index (χ4n) is 3.29. The summed E-state index contributed by atoms with van der Waals surface area (Å²) < 4.78 is 25.9. The Hall–Kier alpha value is -1.70. The minimum atomic E-state index is -3.58. The highest BCUT2D eigenvalue weighted by atomic mass is 35.5. The Balaban J connectivity index is 1.85. The fraction of sp³-hybridized carbons (Fsp3) is 0.409. The lowest BCUT2D eigenvalue weighted by Gasteiger charge is -2.26. The van der Waals surface area contributed by atoms with Gasteiger partial charge in [0.2, 0.25) is 15.9 Å². The number of amides is 1. The summed E-state index contributed by atoms with van der Waals surface area (Å²) in [6, 6.07) is 11.6. The van der Waals surface area contributed by atoms with E-state index in [4.69, 9.17) is 11.6 Å². The van der Waals surface area contributed by atoms with Gasteiger partial charge in [0, 0.05) is 17.3 Å². The zero-order chi connectivity index (χ0) is 22.3. The molecule has 0 saturated carbocycles. The largest absolute Gasteiger partial charge is 0.354 e. The van der Waals surface area contributed by atoms with Gasteiger partial charge in [-0.1, -0.05) is 41.4 Å². The van der Waals surface area contributed by atoms with E-state index in [1.54, 1.807) is 11.8 Å². The first-order chi connectivity index (χ1) is 14.1. The topological polar surface area (TPSA) is 66.5 Å². The summed E-state index contributed by atoms with van der Waals surface area (Å²) in [5.41, 5.74) is 4.52. The maximum Gasteiger partial charge on any atom is 0.240 e. The summed E-state index contributed by atoms with van der Waals surface area (Å²) in [4.78, 5) is 12.4. The van der Waals surface area contributed by atoms with Gasteiger partial charge in [0.1, 0.15) is 6.54 Å². The van der Waals surface area contributed by atoms with Crippen molar-refractivity contribution in [2.45, 2.75) is 32.9 Å². The second-order valence-corrected chi connectivity index (χ2v) is 10.8. The molecule has 0 radical (unpaired) electrons. The molecule has 2 aromatic carbocycles. The van der Waals surface area contributed by atoms with E-state index in [1.807, 2.05) is 57.2 Å². The maximum atomic E-state index is 12.4. The number of aryl methyl sites for hydroxylation is 3. The zero-order valence-corrected chi connectivity index (χ0v) is 20.3. The summed E-state index contributed by atoms with van der Waals surface area (Å²) in [5, 5.41) is 3.56. The van der Waals surface area contributed by atoms with Crippen molar-refractivity contribution < 1.29 is 13.2 Å². The SMILES string of the molecule is Cc1cc(C)c(N(CC(=O)NCCCSCc2ccc(Cl)cc2)S(C)(=O)=O)c(C)c1. The Bertz CT molecular complexity index is 953. The van der Waals surface area contributed by atoms with Crippen LogP contribution >= 0.6 is 23.4 Å². The first-order valence-corrected chi connectivity index (χ1v) is 13.1. The summed E-state index contributed by atoms with van der Waals surface area (Å²) in [5.74, 6) is 1.48. The summed E-state index contributed by atoms with van der Waals surface area (Å²) in [6.07, 6.45) is 1.94. The number of halogens is 1. The van der Waals surface area contributed by atoms with Gasteiger partial charge >= 0.3 is 0 Å². The Morgan fingerprint density at radius 3 is 2.27 bits per heavy atom. The Morgan fingerprint density at radius 2 is 1.70 bits per heavy atom. The molecular weight excluding hydrogens is 440 g/mol. The first-order valence-electron chi connectivity index (χ1n) is 9.72. The number of hydrogen-bond acceptors (Lipinski definition) is 4. The molecule has 1 amide bonds. The molecule has 8 heteroatoms. The van der Waals surface area contributed by atoms with E-state index in [0.29, 0.717) is 12.2 Å². The van der Waals surface area contributed by atoms with Crippen molar-refractivity contribution in [3.05, 3.63) is 63.7 Å². The number of sulfonamides is 1. The molecule has 5 nitrogen and oxygen atoms in total. The molecule has 0 spiro atoms. The molecule has 0 unspecified atom stereocenters.